The molecule has 3 rings (SSSR count). The van der Waals surface area contributed by atoms with E-state index < -0.39 is 9.84 Å². The number of imidazole rings is 1. The van der Waals surface area contributed by atoms with Gasteiger partial charge in [-0.15, -0.1) is 0 Å². The van der Waals surface area contributed by atoms with Crippen molar-refractivity contribution in [2.45, 2.75) is 0 Å². The highest BCUT2D eigenvalue weighted by Gasteiger charge is 2.24. The Morgan fingerprint density at radius 3 is 2.48 bits per heavy atom. The summed E-state index contributed by atoms with van der Waals surface area (Å²) in [5.74, 6) is 1.57. The maximum atomic E-state index is 11.5. The van der Waals surface area contributed by atoms with Crippen molar-refractivity contribution in [1.82, 2.24) is 24.5 Å². The van der Waals surface area contributed by atoms with Gasteiger partial charge in [-0.05, 0) is 0 Å². The molecular formula is C11H15N7O2S. The van der Waals surface area contributed by atoms with Crippen LogP contribution in [0.3, 0.4) is 0 Å². The summed E-state index contributed by atoms with van der Waals surface area (Å²) in [7, 11) is -1.22. The van der Waals surface area contributed by atoms with E-state index in [2.05, 4.69) is 25.3 Å². The van der Waals surface area contributed by atoms with Gasteiger partial charge in [0.1, 0.15) is 6.33 Å². The van der Waals surface area contributed by atoms with Crippen LogP contribution in [-0.2, 0) is 9.84 Å². The van der Waals surface area contributed by atoms with Gasteiger partial charge < -0.3 is 10.2 Å². The Bertz CT molecular complexity index is 715. The Balaban J connectivity index is 1.93. The van der Waals surface area contributed by atoms with Gasteiger partial charge in [0, 0.05) is 32.5 Å². The third-order valence-corrected chi connectivity index (χ3v) is 4.81. The first-order valence-corrected chi connectivity index (χ1v) is 8.27. The third-order valence-electron chi connectivity index (χ3n) is 3.20. The molecular weight excluding hydrogens is 294 g/mol. The van der Waals surface area contributed by atoms with Crippen molar-refractivity contribution in [3.8, 4) is 5.95 Å². The number of anilines is 2. The highest BCUT2D eigenvalue weighted by molar-refractivity contribution is 7.91. The molecule has 21 heavy (non-hydrogen) atoms. The molecule has 1 saturated heterocycles. The first-order chi connectivity index (χ1) is 10.1. The zero-order valence-electron chi connectivity index (χ0n) is 11.5. The number of rotatable bonds is 3. The lowest BCUT2D eigenvalue weighted by molar-refractivity contribution is 0.585. The Labute approximate surface area is 122 Å². The predicted octanol–water partition coefficient (Wildman–Crippen LogP) is -0.666. The molecule has 0 amide bonds. The van der Waals surface area contributed by atoms with Crippen LogP contribution >= 0.6 is 0 Å². The second kappa shape index (κ2) is 5.28. The van der Waals surface area contributed by atoms with E-state index in [0.29, 0.717) is 30.9 Å². The molecule has 1 aliphatic rings. The Hall–Kier alpha value is -2.23. The second-order valence-electron chi connectivity index (χ2n) is 4.62. The van der Waals surface area contributed by atoms with Crippen molar-refractivity contribution < 1.29 is 8.42 Å². The zero-order valence-corrected chi connectivity index (χ0v) is 12.3. The highest BCUT2D eigenvalue weighted by Crippen LogP contribution is 2.15. The second-order valence-corrected chi connectivity index (χ2v) is 6.92. The zero-order chi connectivity index (χ0) is 14.9. The topological polar surface area (TPSA) is 106 Å². The predicted molar refractivity (Wildman–Crippen MR) is 77.4 cm³/mol. The minimum absolute atomic E-state index is 0.119. The lowest BCUT2D eigenvalue weighted by Gasteiger charge is -2.26. The Kier molecular flexibility index (Phi) is 3.45. The van der Waals surface area contributed by atoms with E-state index in [1.165, 1.54) is 0 Å². The van der Waals surface area contributed by atoms with E-state index >= 15 is 0 Å². The fraction of sp³-hybridized carbons (Fsp3) is 0.455. The van der Waals surface area contributed by atoms with Gasteiger partial charge in [-0.3, -0.25) is 4.57 Å². The molecule has 0 radical (unpaired) electrons. The molecule has 0 bridgehead atoms. The molecule has 1 fully saturated rings. The molecule has 10 heteroatoms. The number of nitrogens with zero attached hydrogens (tertiary/aromatic N) is 6. The molecule has 0 saturated carbocycles. The normalized spacial score (nSPS) is 17.7. The number of hydrogen-bond donors (Lipinski definition) is 1. The van der Waals surface area contributed by atoms with Crippen LogP contribution in [0.5, 0.6) is 0 Å². The van der Waals surface area contributed by atoms with E-state index in [-0.39, 0.29) is 11.5 Å². The standard InChI is InChI=1S/C11H15N7O2S/c1-12-9-14-10(17-4-6-21(19,20)7-5-17)16-11(15-9)18-3-2-13-8-18/h2-3,8H,4-7H2,1H3,(H,12,14,15,16). The van der Waals surface area contributed by atoms with Crippen LogP contribution < -0.4 is 10.2 Å². The van der Waals surface area contributed by atoms with Gasteiger partial charge in [0.15, 0.2) is 9.84 Å². The summed E-state index contributed by atoms with van der Waals surface area (Å²) in [6, 6.07) is 0. The summed E-state index contributed by atoms with van der Waals surface area (Å²) in [5.41, 5.74) is 0. The van der Waals surface area contributed by atoms with Gasteiger partial charge in [-0.1, -0.05) is 0 Å². The SMILES string of the molecule is CNc1nc(N2CCS(=O)(=O)CC2)nc(-n2ccnc2)n1. The molecule has 1 N–H and O–H groups in total. The van der Waals surface area contributed by atoms with Crippen LogP contribution in [0.25, 0.3) is 5.95 Å². The van der Waals surface area contributed by atoms with E-state index in [1.807, 2.05) is 4.90 Å². The average molecular weight is 309 g/mol. The lowest BCUT2D eigenvalue weighted by atomic mass is 10.5. The fourth-order valence-corrected chi connectivity index (χ4v) is 3.21. The van der Waals surface area contributed by atoms with Crippen LogP contribution in [0.2, 0.25) is 0 Å². The molecule has 9 nitrogen and oxygen atoms in total. The molecule has 0 spiro atoms. The summed E-state index contributed by atoms with van der Waals surface area (Å²) >= 11 is 0. The summed E-state index contributed by atoms with van der Waals surface area (Å²) in [5, 5.41) is 2.88. The lowest BCUT2D eigenvalue weighted by Crippen LogP contribution is -2.41. The van der Waals surface area contributed by atoms with Gasteiger partial charge in [0.05, 0.1) is 11.5 Å². The van der Waals surface area contributed by atoms with Crippen molar-refractivity contribution in [3.05, 3.63) is 18.7 Å². The van der Waals surface area contributed by atoms with E-state index in [0.717, 1.165) is 0 Å². The van der Waals surface area contributed by atoms with Gasteiger partial charge in [-0.2, -0.15) is 15.0 Å². The number of sulfone groups is 1. The van der Waals surface area contributed by atoms with Crippen molar-refractivity contribution in [1.29, 1.82) is 0 Å². The summed E-state index contributed by atoms with van der Waals surface area (Å²) in [4.78, 5) is 18.8. The largest absolute Gasteiger partial charge is 0.357 e. The number of hydrogen-bond acceptors (Lipinski definition) is 8. The minimum Gasteiger partial charge on any atom is -0.357 e. The Morgan fingerprint density at radius 1 is 1.14 bits per heavy atom. The summed E-state index contributed by atoms with van der Waals surface area (Å²) in [6.07, 6.45) is 4.97. The molecule has 2 aromatic rings. The van der Waals surface area contributed by atoms with Gasteiger partial charge in [-0.25, -0.2) is 13.4 Å². The maximum Gasteiger partial charge on any atom is 0.241 e. The van der Waals surface area contributed by atoms with Crippen LogP contribution in [0.4, 0.5) is 11.9 Å². The van der Waals surface area contributed by atoms with Crippen LogP contribution in [0.1, 0.15) is 0 Å². The molecule has 0 aromatic carbocycles. The van der Waals surface area contributed by atoms with Gasteiger partial charge in [0.25, 0.3) is 0 Å². The molecule has 0 aliphatic carbocycles. The molecule has 112 valence electrons. The first kappa shape index (κ1) is 13.7. The third kappa shape index (κ3) is 2.94. The van der Waals surface area contributed by atoms with E-state index in [1.54, 1.807) is 30.3 Å². The van der Waals surface area contributed by atoms with Crippen molar-refractivity contribution >= 4 is 21.7 Å². The minimum atomic E-state index is -2.94. The quantitative estimate of drug-likeness (QED) is 0.796. The molecule has 0 unspecified atom stereocenters. The van der Waals surface area contributed by atoms with Gasteiger partial charge in [0.2, 0.25) is 17.8 Å². The monoisotopic (exact) mass is 309 g/mol. The number of nitrogens with one attached hydrogen (secondary N) is 1. The molecule has 1 aliphatic heterocycles. The molecule has 0 atom stereocenters. The van der Waals surface area contributed by atoms with E-state index in [4.69, 9.17) is 0 Å². The van der Waals surface area contributed by atoms with E-state index in [9.17, 15) is 8.42 Å². The van der Waals surface area contributed by atoms with Crippen molar-refractivity contribution in [3.63, 3.8) is 0 Å². The fourth-order valence-electron chi connectivity index (χ4n) is 2.01. The van der Waals surface area contributed by atoms with Crippen LogP contribution in [0.15, 0.2) is 18.7 Å². The van der Waals surface area contributed by atoms with Crippen molar-refractivity contribution in [2.75, 3.05) is 41.9 Å². The summed E-state index contributed by atoms with van der Waals surface area (Å²) < 4.78 is 24.7. The van der Waals surface area contributed by atoms with Gasteiger partial charge >= 0.3 is 0 Å². The first-order valence-electron chi connectivity index (χ1n) is 6.45. The average Bonchev–Trinajstić information content (AvgIpc) is 3.01. The van der Waals surface area contributed by atoms with Crippen LogP contribution in [-0.4, -0.2) is 64.6 Å². The highest BCUT2D eigenvalue weighted by atomic mass is 32.2. The Morgan fingerprint density at radius 2 is 1.86 bits per heavy atom. The maximum absolute atomic E-state index is 11.5. The number of aromatic nitrogens is 5. The molecule has 3 heterocycles. The van der Waals surface area contributed by atoms with Crippen LogP contribution in [0, 0.1) is 0 Å². The summed E-state index contributed by atoms with van der Waals surface area (Å²) in [6.45, 7) is 0.776. The smallest absolute Gasteiger partial charge is 0.241 e. The molecule has 2 aromatic heterocycles. The van der Waals surface area contributed by atoms with Crippen molar-refractivity contribution in [2.24, 2.45) is 0 Å².